The molecular formula is C13H15BrN2O. The number of hydrogen-bond donors (Lipinski definition) is 1. The molecule has 0 fully saturated rings. The molecule has 0 aliphatic carbocycles. The fourth-order valence-corrected chi connectivity index (χ4v) is 2.05. The van der Waals surface area contributed by atoms with E-state index in [4.69, 9.17) is 0 Å². The predicted molar refractivity (Wildman–Crippen MR) is 70.7 cm³/mol. The van der Waals surface area contributed by atoms with E-state index in [2.05, 4.69) is 33.2 Å². The Kier molecular flexibility index (Phi) is 4.34. The summed E-state index contributed by atoms with van der Waals surface area (Å²) in [5.74, 6) is 0. The summed E-state index contributed by atoms with van der Waals surface area (Å²) in [5.41, 5.74) is 1.26. The molecule has 0 bridgehead atoms. The minimum atomic E-state index is -0.359. The Hall–Kier alpha value is -1.13. The third kappa shape index (κ3) is 3.98. The minimum Gasteiger partial charge on any atom is -0.391 e. The zero-order valence-electron chi connectivity index (χ0n) is 9.46. The molecule has 4 heteroatoms. The molecule has 2 rings (SSSR count). The number of aryl methyl sites for hydroxylation is 1. The monoisotopic (exact) mass is 294 g/mol. The van der Waals surface area contributed by atoms with Crippen molar-refractivity contribution in [1.82, 2.24) is 9.78 Å². The van der Waals surface area contributed by atoms with Crippen LogP contribution in [0, 0.1) is 0 Å². The number of aliphatic hydroxyl groups excluding tert-OH is 1. The van der Waals surface area contributed by atoms with Gasteiger partial charge in [0.1, 0.15) is 0 Å². The van der Waals surface area contributed by atoms with Gasteiger partial charge < -0.3 is 5.11 Å². The van der Waals surface area contributed by atoms with Crippen LogP contribution in [0.1, 0.15) is 12.0 Å². The van der Waals surface area contributed by atoms with E-state index in [1.165, 1.54) is 5.56 Å². The Labute approximate surface area is 109 Å². The van der Waals surface area contributed by atoms with Gasteiger partial charge in [-0.2, -0.15) is 5.10 Å². The molecule has 0 saturated carbocycles. The van der Waals surface area contributed by atoms with Crippen molar-refractivity contribution >= 4 is 15.9 Å². The zero-order valence-corrected chi connectivity index (χ0v) is 11.0. The van der Waals surface area contributed by atoms with Gasteiger partial charge in [0, 0.05) is 6.20 Å². The summed E-state index contributed by atoms with van der Waals surface area (Å²) in [6, 6.07) is 10.2. The van der Waals surface area contributed by atoms with E-state index < -0.39 is 0 Å². The van der Waals surface area contributed by atoms with Gasteiger partial charge in [-0.25, -0.2) is 0 Å². The van der Waals surface area contributed by atoms with Crippen molar-refractivity contribution in [2.24, 2.45) is 0 Å². The second-order valence-electron chi connectivity index (χ2n) is 4.06. The van der Waals surface area contributed by atoms with Gasteiger partial charge in [-0.15, -0.1) is 0 Å². The molecule has 1 unspecified atom stereocenters. The van der Waals surface area contributed by atoms with Gasteiger partial charge in [0.25, 0.3) is 0 Å². The summed E-state index contributed by atoms with van der Waals surface area (Å²) in [4.78, 5) is 0. The predicted octanol–water partition coefficient (Wildman–Crippen LogP) is 2.64. The normalized spacial score (nSPS) is 12.6. The molecule has 0 aliphatic heterocycles. The maximum absolute atomic E-state index is 9.90. The zero-order chi connectivity index (χ0) is 12.1. The second-order valence-corrected chi connectivity index (χ2v) is 4.97. The summed E-state index contributed by atoms with van der Waals surface area (Å²) in [7, 11) is 0. The third-order valence-electron chi connectivity index (χ3n) is 2.61. The molecule has 0 aliphatic rings. The fourth-order valence-electron chi connectivity index (χ4n) is 1.72. The number of aromatic nitrogens is 2. The van der Waals surface area contributed by atoms with Crippen LogP contribution in [0.5, 0.6) is 0 Å². The van der Waals surface area contributed by atoms with Crippen molar-refractivity contribution in [1.29, 1.82) is 0 Å². The van der Waals surface area contributed by atoms with Crippen LogP contribution >= 0.6 is 15.9 Å². The van der Waals surface area contributed by atoms with Crippen molar-refractivity contribution in [2.45, 2.75) is 25.5 Å². The van der Waals surface area contributed by atoms with E-state index in [0.29, 0.717) is 6.54 Å². The lowest BCUT2D eigenvalue weighted by Crippen LogP contribution is -2.17. The SMILES string of the molecule is OC(CCc1ccccc1)Cn1cc(Br)cn1. The average molecular weight is 295 g/mol. The van der Waals surface area contributed by atoms with E-state index in [-0.39, 0.29) is 6.10 Å². The van der Waals surface area contributed by atoms with Crippen molar-refractivity contribution in [2.75, 3.05) is 0 Å². The molecule has 17 heavy (non-hydrogen) atoms. The molecule has 1 heterocycles. The Morgan fingerprint density at radius 1 is 1.29 bits per heavy atom. The Bertz CT molecular complexity index is 455. The van der Waals surface area contributed by atoms with E-state index in [1.54, 1.807) is 10.9 Å². The summed E-state index contributed by atoms with van der Waals surface area (Å²) in [5, 5.41) is 14.0. The van der Waals surface area contributed by atoms with Crippen LogP contribution in [0.3, 0.4) is 0 Å². The lowest BCUT2D eigenvalue weighted by Gasteiger charge is -2.10. The topological polar surface area (TPSA) is 38.0 Å². The van der Waals surface area contributed by atoms with Crippen molar-refractivity contribution in [3.05, 3.63) is 52.8 Å². The van der Waals surface area contributed by atoms with Crippen molar-refractivity contribution < 1.29 is 5.11 Å². The first kappa shape index (κ1) is 12.3. The van der Waals surface area contributed by atoms with Crippen LogP contribution in [-0.2, 0) is 13.0 Å². The third-order valence-corrected chi connectivity index (χ3v) is 3.02. The molecule has 0 radical (unpaired) electrons. The van der Waals surface area contributed by atoms with Crippen LogP contribution < -0.4 is 0 Å². The lowest BCUT2D eigenvalue weighted by atomic mass is 10.1. The first-order chi connectivity index (χ1) is 8.24. The molecule has 0 spiro atoms. The van der Waals surface area contributed by atoms with Gasteiger partial charge in [-0.05, 0) is 34.3 Å². The maximum atomic E-state index is 9.90. The van der Waals surface area contributed by atoms with E-state index >= 15 is 0 Å². The molecule has 0 amide bonds. The molecule has 0 saturated heterocycles. The summed E-state index contributed by atoms with van der Waals surface area (Å²) >= 11 is 3.33. The van der Waals surface area contributed by atoms with Crippen molar-refractivity contribution in [3.63, 3.8) is 0 Å². The molecule has 1 aromatic carbocycles. The lowest BCUT2D eigenvalue weighted by molar-refractivity contribution is 0.140. The number of benzene rings is 1. The van der Waals surface area contributed by atoms with Gasteiger partial charge in [-0.1, -0.05) is 30.3 Å². The smallest absolute Gasteiger partial charge is 0.0739 e. The maximum Gasteiger partial charge on any atom is 0.0739 e. The van der Waals surface area contributed by atoms with Gasteiger partial charge in [0.15, 0.2) is 0 Å². The van der Waals surface area contributed by atoms with Crippen LogP contribution in [0.25, 0.3) is 0 Å². The fraction of sp³-hybridized carbons (Fsp3) is 0.308. The van der Waals surface area contributed by atoms with E-state index in [9.17, 15) is 5.11 Å². The van der Waals surface area contributed by atoms with Crippen LogP contribution in [0.2, 0.25) is 0 Å². The first-order valence-electron chi connectivity index (χ1n) is 5.64. The van der Waals surface area contributed by atoms with E-state index in [1.807, 2.05) is 24.4 Å². The van der Waals surface area contributed by atoms with Crippen LogP contribution in [0.15, 0.2) is 47.2 Å². The standard InChI is InChI=1S/C13H15BrN2O/c14-12-8-15-16(9-12)10-13(17)7-6-11-4-2-1-3-5-11/h1-5,8-9,13,17H,6-7,10H2. The Morgan fingerprint density at radius 3 is 2.71 bits per heavy atom. The molecule has 90 valence electrons. The number of halogens is 1. The quantitative estimate of drug-likeness (QED) is 0.921. The first-order valence-corrected chi connectivity index (χ1v) is 6.43. The average Bonchev–Trinajstić information content (AvgIpc) is 2.73. The molecule has 1 N–H and O–H groups in total. The summed E-state index contributed by atoms with van der Waals surface area (Å²) in [6.45, 7) is 0.540. The minimum absolute atomic E-state index is 0.359. The summed E-state index contributed by atoms with van der Waals surface area (Å²) < 4.78 is 2.69. The highest BCUT2D eigenvalue weighted by Gasteiger charge is 2.06. The van der Waals surface area contributed by atoms with Gasteiger partial charge in [-0.3, -0.25) is 4.68 Å². The second kappa shape index (κ2) is 5.98. The number of nitrogens with zero attached hydrogens (tertiary/aromatic N) is 2. The highest BCUT2D eigenvalue weighted by molar-refractivity contribution is 9.10. The van der Waals surface area contributed by atoms with Crippen molar-refractivity contribution in [3.8, 4) is 0 Å². The van der Waals surface area contributed by atoms with Gasteiger partial charge in [0.05, 0.1) is 23.3 Å². The molecule has 1 aromatic heterocycles. The molecular weight excluding hydrogens is 280 g/mol. The molecule has 3 nitrogen and oxygen atoms in total. The molecule has 2 aromatic rings. The number of aliphatic hydroxyl groups is 1. The number of rotatable bonds is 5. The molecule has 1 atom stereocenters. The Morgan fingerprint density at radius 2 is 2.06 bits per heavy atom. The summed E-state index contributed by atoms with van der Waals surface area (Å²) in [6.07, 6.45) is 4.88. The van der Waals surface area contributed by atoms with E-state index in [0.717, 1.165) is 17.3 Å². The largest absolute Gasteiger partial charge is 0.391 e. The van der Waals surface area contributed by atoms with Gasteiger partial charge in [0.2, 0.25) is 0 Å². The highest BCUT2D eigenvalue weighted by atomic mass is 79.9. The van der Waals surface area contributed by atoms with Crippen LogP contribution in [0.4, 0.5) is 0 Å². The Balaban J connectivity index is 1.80. The van der Waals surface area contributed by atoms with Crippen LogP contribution in [-0.4, -0.2) is 21.0 Å². The van der Waals surface area contributed by atoms with Gasteiger partial charge >= 0.3 is 0 Å². The number of hydrogen-bond acceptors (Lipinski definition) is 2. The highest BCUT2D eigenvalue weighted by Crippen LogP contribution is 2.09.